The van der Waals surface area contributed by atoms with E-state index in [1.807, 2.05) is 36.4 Å². The molecule has 2 aromatic carbocycles. The van der Waals surface area contributed by atoms with E-state index >= 15 is 0 Å². The van der Waals surface area contributed by atoms with Crippen molar-refractivity contribution >= 4 is 16.1 Å². The first kappa shape index (κ1) is 26.1. The highest BCUT2D eigenvalue weighted by molar-refractivity contribution is 7.87. The minimum absolute atomic E-state index is 0.220. The maximum absolute atomic E-state index is 12.9. The molecule has 0 saturated heterocycles. The van der Waals surface area contributed by atoms with Gasteiger partial charge in [0.15, 0.2) is 0 Å². The lowest BCUT2D eigenvalue weighted by Crippen LogP contribution is -2.50. The number of aliphatic hydroxyl groups excluding tert-OH is 2. The summed E-state index contributed by atoms with van der Waals surface area (Å²) in [5.74, 6) is 0.285. The van der Waals surface area contributed by atoms with Crippen molar-refractivity contribution in [2.24, 2.45) is 0 Å². The molecule has 5 N–H and O–H groups in total. The van der Waals surface area contributed by atoms with Gasteiger partial charge in [-0.05, 0) is 43.4 Å². The van der Waals surface area contributed by atoms with Gasteiger partial charge in [0, 0.05) is 24.5 Å². The minimum atomic E-state index is -3.81. The van der Waals surface area contributed by atoms with Crippen LogP contribution in [0, 0.1) is 0 Å². The van der Waals surface area contributed by atoms with E-state index in [0.717, 1.165) is 5.56 Å². The monoisotopic (exact) mass is 491 g/mol. The number of rotatable bonds is 11. The summed E-state index contributed by atoms with van der Waals surface area (Å²) in [5.41, 5.74) is 1.23. The fourth-order valence-corrected chi connectivity index (χ4v) is 5.53. The topological polar surface area (TPSA) is 137 Å². The summed E-state index contributed by atoms with van der Waals surface area (Å²) in [4.78, 5) is 12.9. The van der Waals surface area contributed by atoms with Gasteiger partial charge in [-0.1, -0.05) is 42.5 Å². The van der Waals surface area contributed by atoms with E-state index in [0.29, 0.717) is 43.5 Å². The van der Waals surface area contributed by atoms with Crippen LogP contribution in [0.15, 0.2) is 54.6 Å². The Labute approximate surface area is 200 Å². The van der Waals surface area contributed by atoms with Crippen LogP contribution in [-0.2, 0) is 15.6 Å². The zero-order chi connectivity index (χ0) is 24.6. The van der Waals surface area contributed by atoms with Gasteiger partial charge >= 0.3 is 0 Å². The number of amides is 1. The molecule has 0 heterocycles. The van der Waals surface area contributed by atoms with E-state index < -0.39 is 22.9 Å². The van der Waals surface area contributed by atoms with Crippen LogP contribution < -0.4 is 19.5 Å². The molecule has 0 unspecified atom stereocenters. The Bertz CT molecular complexity index is 1040. The summed E-state index contributed by atoms with van der Waals surface area (Å²) in [6, 6.07) is 16.7. The molecule has 0 bridgehead atoms. The number of benzene rings is 2. The fourth-order valence-electron chi connectivity index (χ4n) is 4.36. The molecule has 0 radical (unpaired) electrons. The van der Waals surface area contributed by atoms with Crippen molar-refractivity contribution < 1.29 is 28.2 Å². The summed E-state index contributed by atoms with van der Waals surface area (Å²) in [7, 11) is -2.29. The lowest BCUT2D eigenvalue weighted by molar-refractivity contribution is 0.0932. The summed E-state index contributed by atoms with van der Waals surface area (Å²) >= 11 is 0. The van der Waals surface area contributed by atoms with Crippen molar-refractivity contribution in [3.05, 3.63) is 65.7 Å². The largest absolute Gasteiger partial charge is 0.496 e. The molecule has 1 fully saturated rings. The quantitative estimate of drug-likeness (QED) is 0.319. The summed E-state index contributed by atoms with van der Waals surface area (Å²) in [6.45, 7) is -0.373. The summed E-state index contributed by atoms with van der Waals surface area (Å²) < 4.78 is 34.8. The van der Waals surface area contributed by atoms with Crippen LogP contribution in [0.1, 0.15) is 41.6 Å². The molecule has 1 amide bonds. The summed E-state index contributed by atoms with van der Waals surface area (Å²) in [6.07, 6.45) is 1.37. The molecular weight excluding hydrogens is 458 g/mol. The van der Waals surface area contributed by atoms with Crippen LogP contribution in [-0.4, -0.2) is 63.5 Å². The number of carbonyl (C=O) groups is 1. The number of carbonyl (C=O) groups excluding carboxylic acids is 1. The van der Waals surface area contributed by atoms with Crippen molar-refractivity contribution in [2.45, 2.75) is 43.2 Å². The second-order valence-corrected chi connectivity index (χ2v) is 10.1. The van der Waals surface area contributed by atoms with Gasteiger partial charge in [0.2, 0.25) is 0 Å². The molecule has 1 aliphatic rings. The third-order valence-electron chi connectivity index (χ3n) is 6.31. The van der Waals surface area contributed by atoms with Gasteiger partial charge in [0.1, 0.15) is 5.75 Å². The number of aliphatic hydroxyl groups is 2. The van der Waals surface area contributed by atoms with E-state index in [4.69, 9.17) is 9.84 Å². The molecule has 10 heteroatoms. The van der Waals surface area contributed by atoms with Gasteiger partial charge in [0.25, 0.3) is 16.1 Å². The van der Waals surface area contributed by atoms with E-state index in [9.17, 15) is 18.3 Å². The lowest BCUT2D eigenvalue weighted by atomic mass is 9.68. The van der Waals surface area contributed by atoms with Crippen molar-refractivity contribution in [3.8, 4) is 5.75 Å². The highest BCUT2D eigenvalue weighted by atomic mass is 32.2. The third kappa shape index (κ3) is 6.77. The predicted molar refractivity (Wildman–Crippen MR) is 129 cm³/mol. The van der Waals surface area contributed by atoms with Crippen LogP contribution in [0.25, 0.3) is 0 Å². The maximum atomic E-state index is 12.9. The van der Waals surface area contributed by atoms with E-state index in [2.05, 4.69) is 14.8 Å². The Hall–Kier alpha value is -2.50. The molecule has 1 aliphatic carbocycles. The standard InChI is InChI=1S/C24H33N3O6S/c1-33-22-10-6-5-9-21(22)23(30)25-17-24(18-7-3-2-4-8-18)13-11-19(12-14-24)27-34(31,32)26-15-20(29)16-28/h2-10,19-20,26-29H,11-17H2,1H3,(H,25,30)/t19?,20-,24?/m0/s1. The highest BCUT2D eigenvalue weighted by Gasteiger charge is 2.38. The van der Waals surface area contributed by atoms with Gasteiger partial charge in [-0.3, -0.25) is 4.79 Å². The Kier molecular flexibility index (Phi) is 9.03. The SMILES string of the molecule is COc1ccccc1C(=O)NCC1(c2ccccc2)CCC(NS(=O)(=O)NC[C@H](O)CO)CC1. The zero-order valence-corrected chi connectivity index (χ0v) is 20.1. The maximum Gasteiger partial charge on any atom is 0.277 e. The van der Waals surface area contributed by atoms with Crippen molar-refractivity contribution in [1.29, 1.82) is 0 Å². The van der Waals surface area contributed by atoms with Crippen molar-refractivity contribution in [1.82, 2.24) is 14.8 Å². The normalized spacial score (nSPS) is 21.6. The number of para-hydroxylation sites is 1. The van der Waals surface area contributed by atoms with E-state index in [-0.39, 0.29) is 23.9 Å². The van der Waals surface area contributed by atoms with Crippen molar-refractivity contribution in [3.63, 3.8) is 0 Å². The van der Waals surface area contributed by atoms with E-state index in [1.165, 1.54) is 7.11 Å². The van der Waals surface area contributed by atoms with Crippen LogP contribution in [0.2, 0.25) is 0 Å². The number of ether oxygens (including phenoxy) is 1. The molecule has 9 nitrogen and oxygen atoms in total. The molecule has 0 aliphatic heterocycles. The van der Waals surface area contributed by atoms with Gasteiger partial charge < -0.3 is 20.3 Å². The average Bonchev–Trinajstić information content (AvgIpc) is 2.87. The number of hydrogen-bond acceptors (Lipinski definition) is 6. The number of hydrogen-bond donors (Lipinski definition) is 5. The van der Waals surface area contributed by atoms with Crippen LogP contribution in [0.5, 0.6) is 5.75 Å². The first-order valence-electron chi connectivity index (χ1n) is 11.3. The molecule has 1 saturated carbocycles. The molecule has 3 rings (SSSR count). The smallest absolute Gasteiger partial charge is 0.277 e. The van der Waals surface area contributed by atoms with Gasteiger partial charge in [-0.15, -0.1) is 0 Å². The van der Waals surface area contributed by atoms with Crippen molar-refractivity contribution in [2.75, 3.05) is 26.8 Å². The van der Waals surface area contributed by atoms with Crippen LogP contribution >= 0.6 is 0 Å². The molecule has 0 spiro atoms. The predicted octanol–water partition coefficient (Wildman–Crippen LogP) is 1.08. The Morgan fingerprint density at radius 1 is 1.12 bits per heavy atom. The molecule has 1 atom stereocenters. The molecule has 0 aromatic heterocycles. The molecule has 186 valence electrons. The third-order valence-corrected chi connectivity index (χ3v) is 7.50. The molecule has 34 heavy (non-hydrogen) atoms. The van der Waals surface area contributed by atoms with Gasteiger partial charge in [0.05, 0.1) is 25.4 Å². The number of methoxy groups -OCH3 is 1. The second-order valence-electron chi connectivity index (χ2n) is 8.61. The first-order valence-corrected chi connectivity index (χ1v) is 12.8. The lowest BCUT2D eigenvalue weighted by Gasteiger charge is -2.41. The van der Waals surface area contributed by atoms with E-state index in [1.54, 1.807) is 18.2 Å². The Balaban J connectivity index is 1.68. The second kappa shape index (κ2) is 11.8. The first-order chi connectivity index (χ1) is 16.3. The Morgan fingerprint density at radius 3 is 2.41 bits per heavy atom. The zero-order valence-electron chi connectivity index (χ0n) is 19.2. The number of nitrogens with one attached hydrogen (secondary N) is 3. The average molecular weight is 492 g/mol. The molecular formula is C24H33N3O6S. The fraction of sp³-hybridized carbons (Fsp3) is 0.458. The summed E-state index contributed by atoms with van der Waals surface area (Å²) in [5, 5.41) is 21.3. The van der Waals surface area contributed by atoms with Gasteiger partial charge in [-0.2, -0.15) is 17.9 Å². The van der Waals surface area contributed by atoms with Crippen LogP contribution in [0.4, 0.5) is 0 Å². The van der Waals surface area contributed by atoms with Crippen LogP contribution in [0.3, 0.4) is 0 Å². The molecule has 2 aromatic rings. The minimum Gasteiger partial charge on any atom is -0.496 e. The van der Waals surface area contributed by atoms with Gasteiger partial charge in [-0.25, -0.2) is 0 Å². The highest BCUT2D eigenvalue weighted by Crippen LogP contribution is 2.39. The Morgan fingerprint density at radius 2 is 1.76 bits per heavy atom.